The molecule has 0 bridgehead atoms. The molecular weight excluding hydrogens is 306 g/mol. The molecule has 122 valence electrons. The second-order valence-corrected chi connectivity index (χ2v) is 5.25. The molecule has 0 saturated heterocycles. The molecule has 0 aliphatic heterocycles. The Morgan fingerprint density at radius 3 is 2.79 bits per heavy atom. The largest absolute Gasteiger partial charge is 0.497 e. The van der Waals surface area contributed by atoms with E-state index in [1.165, 1.54) is 0 Å². The van der Waals surface area contributed by atoms with Gasteiger partial charge in [0.05, 0.1) is 7.11 Å². The third-order valence-corrected chi connectivity index (χ3v) is 3.50. The average molecular weight is 323 g/mol. The summed E-state index contributed by atoms with van der Waals surface area (Å²) < 4.78 is 10.2. The van der Waals surface area contributed by atoms with Crippen LogP contribution >= 0.6 is 0 Å². The van der Waals surface area contributed by atoms with Crippen LogP contribution in [-0.2, 0) is 6.54 Å². The van der Waals surface area contributed by atoms with Crippen molar-refractivity contribution < 1.29 is 14.1 Å². The van der Waals surface area contributed by atoms with Crippen LogP contribution in [-0.4, -0.2) is 23.2 Å². The lowest BCUT2D eigenvalue weighted by Gasteiger charge is -2.07. The summed E-state index contributed by atoms with van der Waals surface area (Å²) in [6.07, 6.45) is 0. The number of hydrogen-bond acceptors (Lipinski definition) is 5. The molecule has 6 heteroatoms. The summed E-state index contributed by atoms with van der Waals surface area (Å²) in [5, 5.41) is 6.76. The van der Waals surface area contributed by atoms with E-state index in [4.69, 9.17) is 9.26 Å². The number of nitrogens with one attached hydrogen (secondary N) is 1. The van der Waals surface area contributed by atoms with Gasteiger partial charge in [-0.05, 0) is 29.8 Å². The molecule has 1 heterocycles. The van der Waals surface area contributed by atoms with Crippen LogP contribution in [0.4, 0.5) is 0 Å². The van der Waals surface area contributed by atoms with Gasteiger partial charge < -0.3 is 14.6 Å². The van der Waals surface area contributed by atoms with E-state index >= 15 is 0 Å². The van der Waals surface area contributed by atoms with Gasteiger partial charge in [-0.1, -0.05) is 29.4 Å². The Labute approximate surface area is 139 Å². The Bertz CT molecular complexity index is 858. The molecule has 1 N–H and O–H groups in total. The second-order valence-electron chi connectivity index (χ2n) is 5.25. The first-order chi connectivity index (χ1) is 11.7. The number of carbonyl (C=O) groups excluding carboxylic acids is 1. The number of rotatable bonds is 5. The minimum atomic E-state index is -0.167. The van der Waals surface area contributed by atoms with Crippen molar-refractivity contribution in [2.75, 3.05) is 7.11 Å². The van der Waals surface area contributed by atoms with Gasteiger partial charge in [-0.25, -0.2) is 0 Å². The molecular formula is C18H17N3O3. The van der Waals surface area contributed by atoms with E-state index < -0.39 is 0 Å². The van der Waals surface area contributed by atoms with Crippen molar-refractivity contribution in [2.24, 2.45) is 0 Å². The van der Waals surface area contributed by atoms with Gasteiger partial charge >= 0.3 is 0 Å². The Hall–Kier alpha value is -3.15. The van der Waals surface area contributed by atoms with E-state index in [1.807, 2.05) is 30.3 Å². The number of hydrogen-bond donors (Lipinski definition) is 1. The minimum absolute atomic E-state index is 0.167. The summed E-state index contributed by atoms with van der Waals surface area (Å²) >= 11 is 0. The van der Waals surface area contributed by atoms with Gasteiger partial charge in [-0.15, -0.1) is 0 Å². The molecule has 0 saturated carbocycles. The van der Waals surface area contributed by atoms with E-state index in [9.17, 15) is 4.79 Å². The van der Waals surface area contributed by atoms with Crippen LogP contribution in [0.5, 0.6) is 5.75 Å². The molecule has 3 rings (SSSR count). The highest BCUT2D eigenvalue weighted by Gasteiger charge is 2.10. The van der Waals surface area contributed by atoms with Gasteiger partial charge in [0.2, 0.25) is 11.7 Å². The predicted octanol–water partition coefficient (Wildman–Crippen LogP) is 2.98. The first-order valence-corrected chi connectivity index (χ1v) is 7.47. The van der Waals surface area contributed by atoms with Crippen molar-refractivity contribution >= 4 is 5.91 Å². The molecule has 6 nitrogen and oxygen atoms in total. The second kappa shape index (κ2) is 6.95. The number of ether oxygens (including phenoxy) is 1. The average Bonchev–Trinajstić information content (AvgIpc) is 3.06. The number of aryl methyl sites for hydroxylation is 1. The summed E-state index contributed by atoms with van der Waals surface area (Å²) in [4.78, 5) is 16.5. The van der Waals surface area contributed by atoms with Crippen LogP contribution in [0.15, 0.2) is 53.1 Å². The van der Waals surface area contributed by atoms with Crippen LogP contribution < -0.4 is 10.1 Å². The van der Waals surface area contributed by atoms with Crippen molar-refractivity contribution in [3.63, 3.8) is 0 Å². The monoisotopic (exact) mass is 323 g/mol. The molecule has 0 radical (unpaired) electrons. The molecule has 0 aliphatic rings. The van der Waals surface area contributed by atoms with Crippen LogP contribution in [0.3, 0.4) is 0 Å². The van der Waals surface area contributed by atoms with E-state index in [-0.39, 0.29) is 5.91 Å². The van der Waals surface area contributed by atoms with Crippen LogP contribution in [0.2, 0.25) is 0 Å². The maximum atomic E-state index is 12.4. The maximum Gasteiger partial charge on any atom is 0.251 e. The quantitative estimate of drug-likeness (QED) is 0.781. The Morgan fingerprint density at radius 2 is 2.04 bits per heavy atom. The number of benzene rings is 2. The highest BCUT2D eigenvalue weighted by atomic mass is 16.5. The minimum Gasteiger partial charge on any atom is -0.497 e. The Morgan fingerprint density at radius 1 is 1.21 bits per heavy atom. The fourth-order valence-corrected chi connectivity index (χ4v) is 2.28. The van der Waals surface area contributed by atoms with Gasteiger partial charge in [0, 0.05) is 24.6 Å². The van der Waals surface area contributed by atoms with Crippen LogP contribution in [0, 0.1) is 6.92 Å². The summed E-state index contributed by atoms with van der Waals surface area (Å²) in [6.45, 7) is 2.14. The first kappa shape index (κ1) is 15.7. The Balaban J connectivity index is 1.71. The van der Waals surface area contributed by atoms with Crippen molar-refractivity contribution in [1.82, 2.24) is 15.5 Å². The van der Waals surface area contributed by atoms with Gasteiger partial charge in [-0.2, -0.15) is 4.98 Å². The van der Waals surface area contributed by atoms with E-state index in [0.29, 0.717) is 23.8 Å². The zero-order chi connectivity index (χ0) is 16.9. The molecule has 1 aromatic heterocycles. The third-order valence-electron chi connectivity index (χ3n) is 3.50. The number of methoxy groups -OCH3 is 1. The summed E-state index contributed by atoms with van der Waals surface area (Å²) in [7, 11) is 1.61. The number of carbonyl (C=O) groups is 1. The SMILES string of the molecule is COc1cccc(CNC(=O)c2cccc(-c3noc(C)n3)c2)c1. The standard InChI is InChI=1S/C18H17N3O3/c1-12-20-17(21-24-12)14-6-4-7-15(10-14)18(22)19-11-13-5-3-8-16(9-13)23-2/h3-10H,11H2,1-2H3,(H,19,22). The van der Waals surface area contributed by atoms with Crippen LogP contribution in [0.1, 0.15) is 21.8 Å². The topological polar surface area (TPSA) is 77.2 Å². The van der Waals surface area contributed by atoms with Crippen molar-refractivity contribution in [2.45, 2.75) is 13.5 Å². The molecule has 24 heavy (non-hydrogen) atoms. The number of aromatic nitrogens is 2. The van der Waals surface area contributed by atoms with Crippen molar-refractivity contribution in [1.29, 1.82) is 0 Å². The molecule has 3 aromatic rings. The lowest BCUT2D eigenvalue weighted by atomic mass is 10.1. The molecule has 2 aromatic carbocycles. The van der Waals surface area contributed by atoms with Gasteiger partial charge in [-0.3, -0.25) is 4.79 Å². The fraction of sp³-hybridized carbons (Fsp3) is 0.167. The van der Waals surface area contributed by atoms with Gasteiger partial charge in [0.25, 0.3) is 5.91 Å². The first-order valence-electron chi connectivity index (χ1n) is 7.47. The van der Waals surface area contributed by atoms with Gasteiger partial charge in [0.1, 0.15) is 5.75 Å². The zero-order valence-corrected chi connectivity index (χ0v) is 13.4. The molecule has 0 atom stereocenters. The smallest absolute Gasteiger partial charge is 0.251 e. The normalized spacial score (nSPS) is 10.4. The summed E-state index contributed by atoms with van der Waals surface area (Å²) in [6, 6.07) is 14.7. The lowest BCUT2D eigenvalue weighted by Crippen LogP contribution is -2.22. The summed E-state index contributed by atoms with van der Waals surface area (Å²) in [5.41, 5.74) is 2.24. The van der Waals surface area contributed by atoms with E-state index in [2.05, 4.69) is 15.5 Å². The molecule has 0 fully saturated rings. The van der Waals surface area contributed by atoms with Gasteiger partial charge in [0.15, 0.2) is 0 Å². The molecule has 0 spiro atoms. The van der Waals surface area contributed by atoms with Crippen LogP contribution in [0.25, 0.3) is 11.4 Å². The fourth-order valence-electron chi connectivity index (χ4n) is 2.28. The van der Waals surface area contributed by atoms with Crippen molar-refractivity contribution in [3.05, 3.63) is 65.5 Å². The van der Waals surface area contributed by atoms with E-state index in [0.717, 1.165) is 16.9 Å². The number of nitrogens with zero attached hydrogens (tertiary/aromatic N) is 2. The zero-order valence-electron chi connectivity index (χ0n) is 13.4. The predicted molar refractivity (Wildman–Crippen MR) is 88.6 cm³/mol. The lowest BCUT2D eigenvalue weighted by molar-refractivity contribution is 0.0951. The highest BCUT2D eigenvalue weighted by molar-refractivity contribution is 5.95. The molecule has 0 unspecified atom stereocenters. The van der Waals surface area contributed by atoms with Crippen molar-refractivity contribution in [3.8, 4) is 17.1 Å². The molecule has 0 aliphatic carbocycles. The molecule has 1 amide bonds. The maximum absolute atomic E-state index is 12.4. The number of amides is 1. The van der Waals surface area contributed by atoms with E-state index in [1.54, 1.807) is 32.2 Å². The summed E-state index contributed by atoms with van der Waals surface area (Å²) in [5.74, 6) is 1.55. The Kier molecular flexibility index (Phi) is 4.56. The highest BCUT2D eigenvalue weighted by Crippen LogP contribution is 2.17. The third kappa shape index (κ3) is 3.60.